The first-order valence-electron chi connectivity index (χ1n) is 6.36. The third kappa shape index (κ3) is 4.04. The Morgan fingerprint density at radius 1 is 1.48 bits per heavy atom. The molecular weight excluding hydrogens is 278 g/mol. The van der Waals surface area contributed by atoms with Crippen molar-refractivity contribution in [3.63, 3.8) is 0 Å². The van der Waals surface area contributed by atoms with Gasteiger partial charge < -0.3 is 19.9 Å². The zero-order valence-corrected chi connectivity index (χ0v) is 11.5. The maximum atomic E-state index is 11.6. The maximum Gasteiger partial charge on any atom is 0.320 e. The van der Waals surface area contributed by atoms with Crippen LogP contribution >= 0.6 is 0 Å². The molecule has 2 aromatic heterocycles. The first-order chi connectivity index (χ1) is 10.2. The van der Waals surface area contributed by atoms with Crippen molar-refractivity contribution in [1.29, 1.82) is 0 Å². The minimum Gasteiger partial charge on any atom is -0.474 e. The van der Waals surface area contributed by atoms with E-state index in [-0.39, 0.29) is 19.2 Å². The van der Waals surface area contributed by atoms with Gasteiger partial charge in [0.2, 0.25) is 5.88 Å². The molecule has 0 saturated heterocycles. The summed E-state index contributed by atoms with van der Waals surface area (Å²) in [6.45, 7) is 0.907. The number of rotatable bonds is 7. The highest BCUT2D eigenvalue weighted by molar-refractivity contribution is 5.91. The third-order valence-corrected chi connectivity index (χ3v) is 2.58. The highest BCUT2D eigenvalue weighted by Crippen LogP contribution is 2.23. The second-order valence-corrected chi connectivity index (χ2v) is 4.09. The number of fused-ring (bicyclic) bond motifs is 1. The number of hydrogen-bond donors (Lipinski definition) is 4. The minimum atomic E-state index is -0.366. The maximum absolute atomic E-state index is 11.6. The van der Waals surface area contributed by atoms with Gasteiger partial charge >= 0.3 is 6.03 Å². The summed E-state index contributed by atoms with van der Waals surface area (Å²) in [4.78, 5) is 15.7. The van der Waals surface area contributed by atoms with Gasteiger partial charge in [0, 0.05) is 25.9 Å². The number of amides is 2. The topological polar surface area (TPSA) is 121 Å². The van der Waals surface area contributed by atoms with E-state index >= 15 is 0 Å². The van der Waals surface area contributed by atoms with Gasteiger partial charge in [-0.05, 0) is 0 Å². The Bertz CT molecular complexity index is 600. The van der Waals surface area contributed by atoms with Crippen LogP contribution in [-0.4, -0.2) is 59.8 Å². The summed E-state index contributed by atoms with van der Waals surface area (Å²) in [6, 6.07) is 1.28. The SMILES string of the molecule is COCCNC(=O)Nc1cc2[nH]nc(OCCO)c2cn1. The summed E-state index contributed by atoms with van der Waals surface area (Å²) in [5, 5.41) is 21.4. The van der Waals surface area contributed by atoms with E-state index in [1.54, 1.807) is 13.2 Å². The second kappa shape index (κ2) is 7.41. The highest BCUT2D eigenvalue weighted by atomic mass is 16.5. The molecule has 0 aromatic carbocycles. The van der Waals surface area contributed by atoms with Crippen LogP contribution in [0.15, 0.2) is 12.3 Å². The van der Waals surface area contributed by atoms with Crippen molar-refractivity contribution >= 4 is 22.8 Å². The monoisotopic (exact) mass is 295 g/mol. The molecule has 0 aliphatic heterocycles. The predicted molar refractivity (Wildman–Crippen MR) is 75.4 cm³/mol. The van der Waals surface area contributed by atoms with E-state index in [4.69, 9.17) is 14.6 Å². The van der Waals surface area contributed by atoms with Crippen molar-refractivity contribution in [2.75, 3.05) is 38.8 Å². The number of aliphatic hydroxyl groups is 1. The van der Waals surface area contributed by atoms with Crippen LogP contribution in [0.5, 0.6) is 5.88 Å². The molecule has 9 nitrogen and oxygen atoms in total. The molecule has 2 heterocycles. The van der Waals surface area contributed by atoms with Gasteiger partial charge in [-0.1, -0.05) is 0 Å². The van der Waals surface area contributed by atoms with Gasteiger partial charge in [0.1, 0.15) is 12.4 Å². The normalized spacial score (nSPS) is 10.6. The molecule has 0 bridgehead atoms. The fraction of sp³-hybridized carbons (Fsp3) is 0.417. The summed E-state index contributed by atoms with van der Waals surface area (Å²) in [5.41, 5.74) is 0.671. The molecule has 0 aliphatic rings. The molecule has 9 heteroatoms. The number of methoxy groups -OCH3 is 1. The predicted octanol–water partition coefficient (Wildman–Crippen LogP) is 0.0969. The minimum absolute atomic E-state index is 0.0942. The van der Waals surface area contributed by atoms with Gasteiger partial charge in [-0.2, -0.15) is 0 Å². The summed E-state index contributed by atoms with van der Waals surface area (Å²) < 4.78 is 10.1. The van der Waals surface area contributed by atoms with E-state index in [1.807, 2.05) is 0 Å². The average molecular weight is 295 g/mol. The number of urea groups is 1. The molecule has 2 aromatic rings. The molecule has 0 radical (unpaired) electrons. The standard InChI is InChI=1S/C12H17N5O4/c1-20-4-2-13-12(19)15-10-6-9-8(7-14-10)11(17-16-9)21-5-3-18/h6-7,18H,2-5H2,1H3,(H,16,17)(H2,13,14,15,19). The van der Waals surface area contributed by atoms with Crippen LogP contribution in [0.4, 0.5) is 10.6 Å². The number of anilines is 1. The first kappa shape index (κ1) is 15.0. The molecule has 2 amide bonds. The zero-order valence-electron chi connectivity index (χ0n) is 11.5. The number of nitrogens with zero attached hydrogens (tertiary/aromatic N) is 2. The number of hydrogen-bond acceptors (Lipinski definition) is 6. The van der Waals surface area contributed by atoms with Crippen LogP contribution < -0.4 is 15.4 Å². The van der Waals surface area contributed by atoms with E-state index in [0.717, 1.165) is 0 Å². The average Bonchev–Trinajstić information content (AvgIpc) is 2.87. The van der Waals surface area contributed by atoms with Gasteiger partial charge in [-0.25, -0.2) is 9.78 Å². The number of aromatic amines is 1. The molecular formula is C12H17N5O4. The van der Waals surface area contributed by atoms with E-state index < -0.39 is 0 Å². The van der Waals surface area contributed by atoms with Gasteiger partial charge in [-0.3, -0.25) is 10.4 Å². The largest absolute Gasteiger partial charge is 0.474 e. The Kier molecular flexibility index (Phi) is 5.29. The Hall–Kier alpha value is -2.39. The van der Waals surface area contributed by atoms with Crippen LogP contribution in [0.1, 0.15) is 0 Å². The number of ether oxygens (including phenoxy) is 2. The van der Waals surface area contributed by atoms with Gasteiger partial charge in [0.15, 0.2) is 0 Å². The molecule has 0 unspecified atom stereocenters. The molecule has 0 fully saturated rings. The number of H-pyrrole nitrogens is 1. The molecule has 0 atom stereocenters. The first-order valence-corrected chi connectivity index (χ1v) is 6.36. The Balaban J connectivity index is 2.00. The van der Waals surface area contributed by atoms with Crippen LogP contribution in [0.2, 0.25) is 0 Å². The van der Waals surface area contributed by atoms with Gasteiger partial charge in [0.25, 0.3) is 0 Å². The summed E-state index contributed by atoms with van der Waals surface area (Å²) in [7, 11) is 1.56. The van der Waals surface area contributed by atoms with Crippen LogP contribution in [0.3, 0.4) is 0 Å². The Labute approximate surface area is 120 Å². The Morgan fingerprint density at radius 3 is 3.10 bits per heavy atom. The van der Waals surface area contributed by atoms with Crippen molar-refractivity contribution in [3.05, 3.63) is 12.3 Å². The number of aromatic nitrogens is 3. The molecule has 2 rings (SSSR count). The number of aliphatic hydroxyl groups excluding tert-OH is 1. The second-order valence-electron chi connectivity index (χ2n) is 4.09. The lowest BCUT2D eigenvalue weighted by atomic mass is 10.3. The van der Waals surface area contributed by atoms with Gasteiger partial charge in [-0.15, -0.1) is 5.10 Å². The Morgan fingerprint density at radius 2 is 2.33 bits per heavy atom. The highest BCUT2D eigenvalue weighted by Gasteiger charge is 2.09. The number of carbonyl (C=O) groups is 1. The number of nitrogens with one attached hydrogen (secondary N) is 3. The van der Waals surface area contributed by atoms with Crippen molar-refractivity contribution < 1.29 is 19.4 Å². The molecule has 0 spiro atoms. The fourth-order valence-electron chi connectivity index (χ4n) is 1.64. The van der Waals surface area contributed by atoms with E-state index in [9.17, 15) is 4.79 Å². The quantitative estimate of drug-likeness (QED) is 0.537. The molecule has 114 valence electrons. The van der Waals surface area contributed by atoms with Crippen LogP contribution in [-0.2, 0) is 4.74 Å². The summed E-state index contributed by atoms with van der Waals surface area (Å²) in [6.07, 6.45) is 1.54. The van der Waals surface area contributed by atoms with Crippen molar-refractivity contribution in [1.82, 2.24) is 20.5 Å². The summed E-state index contributed by atoms with van der Waals surface area (Å²) >= 11 is 0. The summed E-state index contributed by atoms with van der Waals surface area (Å²) in [5.74, 6) is 0.748. The molecule has 0 saturated carbocycles. The van der Waals surface area contributed by atoms with E-state index in [0.29, 0.717) is 35.8 Å². The molecule has 0 aliphatic carbocycles. The van der Waals surface area contributed by atoms with E-state index in [1.165, 1.54) is 6.20 Å². The lowest BCUT2D eigenvalue weighted by Crippen LogP contribution is -2.31. The number of pyridine rings is 1. The lowest BCUT2D eigenvalue weighted by Gasteiger charge is -2.06. The van der Waals surface area contributed by atoms with Crippen molar-refractivity contribution in [2.24, 2.45) is 0 Å². The van der Waals surface area contributed by atoms with Crippen molar-refractivity contribution in [3.8, 4) is 5.88 Å². The number of carbonyl (C=O) groups excluding carboxylic acids is 1. The fourth-order valence-corrected chi connectivity index (χ4v) is 1.64. The molecule has 21 heavy (non-hydrogen) atoms. The lowest BCUT2D eigenvalue weighted by molar-refractivity contribution is 0.198. The van der Waals surface area contributed by atoms with Crippen LogP contribution in [0.25, 0.3) is 10.9 Å². The smallest absolute Gasteiger partial charge is 0.320 e. The van der Waals surface area contributed by atoms with Gasteiger partial charge in [0.05, 0.1) is 24.1 Å². The zero-order chi connectivity index (χ0) is 15.1. The third-order valence-electron chi connectivity index (χ3n) is 2.58. The molecule has 4 N–H and O–H groups in total. The van der Waals surface area contributed by atoms with Crippen LogP contribution in [0, 0.1) is 0 Å². The van der Waals surface area contributed by atoms with Crippen molar-refractivity contribution in [2.45, 2.75) is 0 Å². The van der Waals surface area contributed by atoms with E-state index in [2.05, 4.69) is 25.8 Å².